The Kier molecular flexibility index (Phi) is 4.46. The fourth-order valence-corrected chi connectivity index (χ4v) is 0.948. The molecule has 0 spiro atoms. The van der Waals surface area contributed by atoms with Gasteiger partial charge in [-0.05, 0) is 17.7 Å². The number of carbonyl (C=O) groups is 1. The van der Waals surface area contributed by atoms with Gasteiger partial charge in [0.1, 0.15) is 17.2 Å². The summed E-state index contributed by atoms with van der Waals surface area (Å²) in [7, 11) is 0. The van der Waals surface area contributed by atoms with Crippen LogP contribution in [-0.4, -0.2) is 11.1 Å². The normalized spacial score (nSPS) is 9.36. The number of nitrogens with two attached hydrogens (primary N) is 1. The van der Waals surface area contributed by atoms with E-state index >= 15 is 0 Å². The second-order valence-corrected chi connectivity index (χ2v) is 2.44. The van der Waals surface area contributed by atoms with Crippen molar-refractivity contribution in [2.45, 2.75) is 6.54 Å². The molecule has 0 unspecified atom stereocenters. The summed E-state index contributed by atoms with van der Waals surface area (Å²) in [6.45, 7) is -0.0340. The highest BCUT2D eigenvalue weighted by Gasteiger charge is 2.16. The van der Waals surface area contributed by atoms with E-state index in [1.54, 1.807) is 0 Å². The highest BCUT2D eigenvalue weighted by molar-refractivity contribution is 5.88. The molecule has 3 N–H and O–H groups in total. The smallest absolute Gasteiger partial charge is 0.341 e. The zero-order valence-electron chi connectivity index (χ0n) is 6.96. The average Bonchev–Trinajstić information content (AvgIpc) is 2.02. The summed E-state index contributed by atoms with van der Waals surface area (Å²) in [6.07, 6.45) is 0. The van der Waals surface area contributed by atoms with Crippen molar-refractivity contribution < 1.29 is 18.7 Å². The first-order valence-corrected chi connectivity index (χ1v) is 3.47. The molecule has 0 radical (unpaired) electrons. The van der Waals surface area contributed by atoms with Gasteiger partial charge in [0.05, 0.1) is 0 Å². The van der Waals surface area contributed by atoms with Gasteiger partial charge < -0.3 is 10.8 Å². The molecule has 0 aliphatic rings. The van der Waals surface area contributed by atoms with Crippen molar-refractivity contribution in [1.82, 2.24) is 0 Å². The minimum atomic E-state index is -1.63. The summed E-state index contributed by atoms with van der Waals surface area (Å²) in [5, 5.41) is 8.40. The van der Waals surface area contributed by atoms with E-state index in [0.717, 1.165) is 12.1 Å². The summed E-state index contributed by atoms with van der Waals surface area (Å²) in [4.78, 5) is 10.3. The van der Waals surface area contributed by atoms with Gasteiger partial charge in [0.25, 0.3) is 0 Å². The van der Waals surface area contributed by atoms with Crippen LogP contribution in [0.2, 0.25) is 0 Å². The standard InChI is InChI=1S/C8H7F2NO2.ClH/c9-5-1-4(3-11)2-6(10)7(5)8(12)13;/h1-2H,3,11H2,(H,12,13);1H. The van der Waals surface area contributed by atoms with Gasteiger partial charge in [-0.3, -0.25) is 0 Å². The quantitative estimate of drug-likeness (QED) is 0.800. The van der Waals surface area contributed by atoms with Crippen molar-refractivity contribution in [3.8, 4) is 0 Å². The number of benzene rings is 1. The Labute approximate surface area is 84.9 Å². The topological polar surface area (TPSA) is 63.3 Å². The van der Waals surface area contributed by atoms with Gasteiger partial charge in [-0.15, -0.1) is 12.4 Å². The van der Waals surface area contributed by atoms with E-state index in [0.29, 0.717) is 0 Å². The summed E-state index contributed by atoms with van der Waals surface area (Å²) in [5.74, 6) is -3.83. The lowest BCUT2D eigenvalue weighted by Gasteiger charge is -2.02. The Morgan fingerprint density at radius 3 is 2.07 bits per heavy atom. The molecule has 0 heterocycles. The number of hydrogen-bond donors (Lipinski definition) is 2. The van der Waals surface area contributed by atoms with E-state index in [2.05, 4.69) is 0 Å². The molecule has 0 aliphatic heterocycles. The van der Waals surface area contributed by atoms with E-state index in [-0.39, 0.29) is 24.5 Å². The Morgan fingerprint density at radius 1 is 1.36 bits per heavy atom. The van der Waals surface area contributed by atoms with E-state index in [1.807, 2.05) is 0 Å². The van der Waals surface area contributed by atoms with Crippen LogP contribution in [-0.2, 0) is 6.54 Å². The molecule has 1 aromatic carbocycles. The average molecular weight is 224 g/mol. The van der Waals surface area contributed by atoms with Crippen LogP contribution in [0.5, 0.6) is 0 Å². The third-order valence-electron chi connectivity index (χ3n) is 1.55. The van der Waals surface area contributed by atoms with Crippen LogP contribution in [0.3, 0.4) is 0 Å². The fourth-order valence-electron chi connectivity index (χ4n) is 0.948. The van der Waals surface area contributed by atoms with Crippen molar-refractivity contribution in [3.05, 3.63) is 34.9 Å². The van der Waals surface area contributed by atoms with Crippen molar-refractivity contribution >= 4 is 18.4 Å². The molecule has 0 amide bonds. The van der Waals surface area contributed by atoms with E-state index in [4.69, 9.17) is 10.8 Å². The van der Waals surface area contributed by atoms with Gasteiger partial charge in [0, 0.05) is 6.54 Å². The second kappa shape index (κ2) is 4.88. The molecule has 78 valence electrons. The molecular formula is C8H8ClF2NO2. The molecule has 0 aliphatic carbocycles. The number of carboxylic acids is 1. The second-order valence-electron chi connectivity index (χ2n) is 2.44. The molecule has 0 saturated heterocycles. The van der Waals surface area contributed by atoms with Gasteiger partial charge in [0.2, 0.25) is 0 Å². The van der Waals surface area contributed by atoms with Crippen LogP contribution in [0.1, 0.15) is 15.9 Å². The van der Waals surface area contributed by atoms with Crippen molar-refractivity contribution in [2.24, 2.45) is 5.73 Å². The minimum Gasteiger partial charge on any atom is -0.477 e. The first-order valence-electron chi connectivity index (χ1n) is 3.47. The van der Waals surface area contributed by atoms with Crippen LogP contribution in [0.25, 0.3) is 0 Å². The number of aromatic carboxylic acids is 1. The SMILES string of the molecule is Cl.NCc1cc(F)c(C(=O)O)c(F)c1. The molecule has 0 aromatic heterocycles. The predicted molar refractivity (Wildman–Crippen MR) is 48.5 cm³/mol. The zero-order chi connectivity index (χ0) is 10.0. The summed E-state index contributed by atoms with van der Waals surface area (Å²) in [5.41, 5.74) is 4.41. The maximum absolute atomic E-state index is 12.9. The van der Waals surface area contributed by atoms with Crippen LogP contribution >= 0.6 is 12.4 Å². The first-order chi connectivity index (χ1) is 6.06. The molecule has 0 fully saturated rings. The molecule has 14 heavy (non-hydrogen) atoms. The lowest BCUT2D eigenvalue weighted by atomic mass is 10.1. The Hall–Kier alpha value is -1.20. The van der Waals surface area contributed by atoms with Gasteiger partial charge >= 0.3 is 5.97 Å². The molecular weight excluding hydrogens is 216 g/mol. The maximum Gasteiger partial charge on any atom is 0.341 e. The van der Waals surface area contributed by atoms with Crippen LogP contribution < -0.4 is 5.73 Å². The lowest BCUT2D eigenvalue weighted by molar-refractivity contribution is 0.0686. The van der Waals surface area contributed by atoms with Gasteiger partial charge in [-0.25, -0.2) is 13.6 Å². The van der Waals surface area contributed by atoms with Crippen molar-refractivity contribution in [2.75, 3.05) is 0 Å². The molecule has 1 rings (SSSR count). The molecule has 0 saturated carbocycles. The molecule has 6 heteroatoms. The van der Waals surface area contributed by atoms with Gasteiger partial charge in [-0.2, -0.15) is 0 Å². The summed E-state index contributed by atoms with van der Waals surface area (Å²) < 4.78 is 25.7. The van der Waals surface area contributed by atoms with Crippen LogP contribution in [0.4, 0.5) is 8.78 Å². The van der Waals surface area contributed by atoms with E-state index in [1.165, 1.54) is 0 Å². The van der Waals surface area contributed by atoms with Gasteiger partial charge in [0.15, 0.2) is 0 Å². The van der Waals surface area contributed by atoms with Crippen molar-refractivity contribution in [3.63, 3.8) is 0 Å². The first kappa shape index (κ1) is 12.8. The molecule has 1 aromatic rings. The Morgan fingerprint density at radius 2 is 1.79 bits per heavy atom. The summed E-state index contributed by atoms with van der Waals surface area (Å²) >= 11 is 0. The number of carboxylic acid groups (broad SMARTS) is 1. The molecule has 0 atom stereocenters. The van der Waals surface area contributed by atoms with E-state index < -0.39 is 23.2 Å². The Bertz CT molecular complexity index is 334. The highest BCUT2D eigenvalue weighted by Crippen LogP contribution is 2.14. The van der Waals surface area contributed by atoms with Gasteiger partial charge in [-0.1, -0.05) is 0 Å². The molecule has 3 nitrogen and oxygen atoms in total. The molecule has 0 bridgehead atoms. The third kappa shape index (κ3) is 2.40. The Balaban J connectivity index is 0.00000169. The monoisotopic (exact) mass is 223 g/mol. The number of rotatable bonds is 2. The number of hydrogen-bond acceptors (Lipinski definition) is 2. The van der Waals surface area contributed by atoms with Crippen LogP contribution in [0.15, 0.2) is 12.1 Å². The minimum absolute atomic E-state index is 0. The van der Waals surface area contributed by atoms with Crippen molar-refractivity contribution in [1.29, 1.82) is 0 Å². The third-order valence-corrected chi connectivity index (χ3v) is 1.55. The fraction of sp³-hybridized carbons (Fsp3) is 0.125. The number of halogens is 3. The largest absolute Gasteiger partial charge is 0.477 e. The highest BCUT2D eigenvalue weighted by atomic mass is 35.5. The van der Waals surface area contributed by atoms with Crippen LogP contribution in [0, 0.1) is 11.6 Å². The summed E-state index contributed by atoms with van der Waals surface area (Å²) in [6, 6.07) is 1.82. The lowest BCUT2D eigenvalue weighted by Crippen LogP contribution is -2.07. The zero-order valence-corrected chi connectivity index (χ0v) is 7.78. The van der Waals surface area contributed by atoms with E-state index in [9.17, 15) is 13.6 Å². The maximum atomic E-state index is 12.9. The predicted octanol–water partition coefficient (Wildman–Crippen LogP) is 1.54.